The molecule has 0 unspecified atom stereocenters. The Balaban J connectivity index is 0.00000684. The molecule has 37 heavy (non-hydrogen) atoms. The molecule has 1 aromatic heterocycles. The second-order valence-corrected chi connectivity index (χ2v) is 7.53. The van der Waals surface area contributed by atoms with Crippen LogP contribution in [0.1, 0.15) is 16.6 Å². The van der Waals surface area contributed by atoms with Gasteiger partial charge in [-0.15, -0.1) is 0 Å². The van der Waals surface area contributed by atoms with Crippen molar-refractivity contribution in [3.05, 3.63) is 32.6 Å². The normalized spacial score (nSPS) is 24.1. The van der Waals surface area contributed by atoms with Gasteiger partial charge in [-0.3, -0.25) is 19.1 Å². The molecular weight excluding hydrogens is 564 g/mol. The van der Waals surface area contributed by atoms with Gasteiger partial charge in [0.25, 0.3) is 5.56 Å². The maximum Gasteiger partial charge on any atom is 0.404 e. The second-order valence-electron chi connectivity index (χ2n) is 7.53. The van der Waals surface area contributed by atoms with Crippen molar-refractivity contribution in [3.63, 3.8) is 0 Å². The van der Waals surface area contributed by atoms with Crippen LogP contribution in [0, 0.1) is 0 Å². The Kier molecular flexibility index (Phi) is 11.0. The molecule has 12 N–H and O–H groups in total. The van der Waals surface area contributed by atoms with Crippen molar-refractivity contribution in [2.24, 2.45) is 11.5 Å². The molecule has 1 aliphatic rings. The van der Waals surface area contributed by atoms with E-state index in [2.05, 4.69) is 4.74 Å². The summed E-state index contributed by atoms with van der Waals surface area (Å²) in [5, 5.41) is 60.7. The SMILES string of the molecule is NC(=O)OC[C@H](O)[C@@H](O)[C@H](N)C(=O)N[C@H](C(=O)O)[C@H]1O[C@@H](n2cc(C(=O)O)c(=O)[nH]c2=O)[C@H](O)[C@@H]1O.[Zn]. The molecule has 2 rings (SSSR count). The van der Waals surface area contributed by atoms with Crippen molar-refractivity contribution in [1.29, 1.82) is 0 Å². The molecule has 0 aromatic carbocycles. The van der Waals surface area contributed by atoms with E-state index >= 15 is 0 Å². The van der Waals surface area contributed by atoms with Crippen LogP contribution in [-0.4, -0.2) is 113 Å². The largest absolute Gasteiger partial charge is 0.480 e. The van der Waals surface area contributed by atoms with Gasteiger partial charge in [-0.1, -0.05) is 0 Å². The number of aromatic carboxylic acids is 1. The quantitative estimate of drug-likeness (QED) is 0.114. The zero-order chi connectivity index (χ0) is 27.5. The number of carbonyl (C=O) groups excluding carboxylic acids is 2. The number of carboxylic acids is 2. The van der Waals surface area contributed by atoms with Gasteiger partial charge in [-0.2, -0.15) is 0 Å². The van der Waals surface area contributed by atoms with Crippen LogP contribution < -0.4 is 28.0 Å². The molecule has 0 bridgehead atoms. The topological polar surface area (TPSA) is 327 Å². The number of primary amides is 1. The first kappa shape index (κ1) is 31.8. The summed E-state index contributed by atoms with van der Waals surface area (Å²) in [6, 6.07) is -4.17. The summed E-state index contributed by atoms with van der Waals surface area (Å²) in [6.07, 6.45) is -12.8. The van der Waals surface area contributed by atoms with Crippen LogP contribution in [0.15, 0.2) is 15.8 Å². The standard InChI is InChI=1S/C17H23N5O14.Zn/c18-5(7(24)4(23)2-35-16(19)33)12(28)20-6(15(31)32)10-8(25)9(26)13(36-10)22-1-3(14(29)30)11(27)21-17(22)34;/h1,4-10,13,23-26H,2,18H2,(H2,19,33)(H,20,28)(H,29,30)(H,31,32)(H,21,27,34);/t4-,5-,6-,7+,8-,9+,10+,13+;/m0./s1. The van der Waals surface area contributed by atoms with Gasteiger partial charge < -0.3 is 56.9 Å². The minimum atomic E-state index is -2.16. The summed E-state index contributed by atoms with van der Waals surface area (Å²) in [4.78, 5) is 71.3. The van der Waals surface area contributed by atoms with Gasteiger partial charge in [0.2, 0.25) is 5.91 Å². The molecule has 1 saturated heterocycles. The molecule has 8 atom stereocenters. The molecule has 2 heterocycles. The Morgan fingerprint density at radius 2 is 1.76 bits per heavy atom. The fourth-order valence-corrected chi connectivity index (χ4v) is 3.21. The molecule has 1 fully saturated rings. The first-order valence-electron chi connectivity index (χ1n) is 9.84. The third kappa shape index (κ3) is 7.16. The molecule has 1 aliphatic heterocycles. The predicted molar refractivity (Wildman–Crippen MR) is 109 cm³/mol. The number of aromatic nitrogens is 2. The third-order valence-corrected chi connectivity index (χ3v) is 5.10. The maximum absolute atomic E-state index is 12.4. The number of hydrogen-bond acceptors (Lipinski definition) is 13. The molecule has 20 heteroatoms. The average molecular weight is 587 g/mol. The Morgan fingerprint density at radius 3 is 2.27 bits per heavy atom. The minimum Gasteiger partial charge on any atom is -0.480 e. The van der Waals surface area contributed by atoms with Crippen LogP contribution >= 0.6 is 0 Å². The number of carbonyl (C=O) groups is 4. The number of nitrogens with zero attached hydrogens (tertiary/aromatic N) is 1. The zero-order valence-corrected chi connectivity index (χ0v) is 21.6. The first-order valence-corrected chi connectivity index (χ1v) is 9.84. The number of aliphatic carboxylic acids is 1. The van der Waals surface area contributed by atoms with Gasteiger partial charge in [0.1, 0.15) is 48.7 Å². The number of ether oxygens (including phenoxy) is 2. The fraction of sp³-hybridized carbons (Fsp3) is 0.529. The van der Waals surface area contributed by atoms with E-state index in [4.69, 9.17) is 21.3 Å². The number of aliphatic hydroxyl groups is 4. The van der Waals surface area contributed by atoms with E-state index in [9.17, 15) is 54.3 Å². The monoisotopic (exact) mass is 585 g/mol. The molecule has 202 valence electrons. The zero-order valence-electron chi connectivity index (χ0n) is 18.7. The van der Waals surface area contributed by atoms with Crippen LogP contribution in [0.5, 0.6) is 0 Å². The summed E-state index contributed by atoms with van der Waals surface area (Å²) in [7, 11) is 0. The van der Waals surface area contributed by atoms with E-state index in [1.807, 2.05) is 5.32 Å². The van der Waals surface area contributed by atoms with Crippen LogP contribution in [-0.2, 0) is 38.5 Å². The van der Waals surface area contributed by atoms with Crippen molar-refractivity contribution in [1.82, 2.24) is 14.9 Å². The van der Waals surface area contributed by atoms with E-state index in [1.165, 1.54) is 0 Å². The van der Waals surface area contributed by atoms with Gasteiger partial charge in [0.15, 0.2) is 12.3 Å². The number of H-pyrrole nitrogens is 1. The van der Waals surface area contributed by atoms with Crippen molar-refractivity contribution in [3.8, 4) is 0 Å². The Bertz CT molecular complexity index is 1140. The molecular formula is C17H23N5O14Zn. The molecule has 0 spiro atoms. The van der Waals surface area contributed by atoms with E-state index < -0.39 is 96.2 Å². The summed E-state index contributed by atoms with van der Waals surface area (Å²) >= 11 is 0. The number of rotatable bonds is 10. The minimum absolute atomic E-state index is 0. The van der Waals surface area contributed by atoms with E-state index in [1.54, 1.807) is 4.98 Å². The van der Waals surface area contributed by atoms with Gasteiger partial charge in [0, 0.05) is 25.7 Å². The summed E-state index contributed by atoms with van der Waals surface area (Å²) in [5.74, 6) is -4.98. The van der Waals surface area contributed by atoms with Crippen LogP contribution in [0.4, 0.5) is 4.79 Å². The van der Waals surface area contributed by atoms with Crippen LogP contribution in [0.3, 0.4) is 0 Å². The number of amides is 2. The average Bonchev–Trinajstić information content (AvgIpc) is 3.08. The third-order valence-electron chi connectivity index (χ3n) is 5.10. The summed E-state index contributed by atoms with van der Waals surface area (Å²) in [5.41, 5.74) is 6.72. The molecule has 1 aromatic rings. The summed E-state index contributed by atoms with van der Waals surface area (Å²) in [6.45, 7) is -0.857. The molecule has 19 nitrogen and oxygen atoms in total. The van der Waals surface area contributed by atoms with E-state index in [0.717, 1.165) is 0 Å². The Morgan fingerprint density at radius 1 is 1.16 bits per heavy atom. The molecule has 0 saturated carbocycles. The summed E-state index contributed by atoms with van der Waals surface area (Å²) < 4.78 is 9.88. The van der Waals surface area contributed by atoms with E-state index in [0.29, 0.717) is 10.8 Å². The molecule has 0 aliphatic carbocycles. The van der Waals surface area contributed by atoms with Gasteiger partial charge >= 0.3 is 23.7 Å². The maximum atomic E-state index is 12.4. The van der Waals surface area contributed by atoms with Gasteiger partial charge in [0.05, 0.1) is 0 Å². The number of nitrogens with two attached hydrogens (primary N) is 2. The van der Waals surface area contributed by atoms with Crippen LogP contribution in [0.2, 0.25) is 0 Å². The number of nitrogens with one attached hydrogen (secondary N) is 2. The van der Waals surface area contributed by atoms with Gasteiger partial charge in [-0.05, 0) is 0 Å². The van der Waals surface area contributed by atoms with Crippen molar-refractivity contribution in [2.45, 2.75) is 48.8 Å². The van der Waals surface area contributed by atoms with Gasteiger partial charge in [-0.25, -0.2) is 19.2 Å². The number of aliphatic hydroxyl groups excluding tert-OH is 4. The fourth-order valence-electron chi connectivity index (χ4n) is 3.21. The number of hydrogen-bond donors (Lipinski definition) is 10. The van der Waals surface area contributed by atoms with Crippen molar-refractivity contribution < 1.29 is 78.8 Å². The Hall–Kier alpha value is -3.26. The first-order chi connectivity index (χ1) is 16.7. The predicted octanol–water partition coefficient (Wildman–Crippen LogP) is -6.43. The van der Waals surface area contributed by atoms with E-state index in [-0.39, 0.29) is 19.5 Å². The molecule has 2 amide bonds. The number of aromatic amines is 1. The van der Waals surface area contributed by atoms with Crippen molar-refractivity contribution in [2.75, 3.05) is 6.61 Å². The Labute approximate surface area is 217 Å². The van der Waals surface area contributed by atoms with Crippen molar-refractivity contribution >= 4 is 23.9 Å². The smallest absolute Gasteiger partial charge is 0.404 e. The number of carboxylic acid groups (broad SMARTS) is 2. The second kappa shape index (κ2) is 12.8. The van der Waals surface area contributed by atoms with Crippen LogP contribution in [0.25, 0.3) is 0 Å². The molecule has 0 radical (unpaired) electrons.